The highest BCUT2D eigenvalue weighted by atomic mass is 16.2. The summed E-state index contributed by atoms with van der Waals surface area (Å²) in [5, 5.41) is 2.13. The largest absolute Gasteiger partial charge is 0.329 e. The zero-order valence-corrected chi connectivity index (χ0v) is 9.80. The van der Waals surface area contributed by atoms with Crippen LogP contribution in [0, 0.1) is 0 Å². The third-order valence-corrected chi connectivity index (χ3v) is 3.17. The van der Waals surface area contributed by atoms with E-state index in [1.807, 2.05) is 30.3 Å². The number of amides is 1. The monoisotopic (exact) mass is 240 g/mol. The van der Waals surface area contributed by atoms with E-state index in [9.17, 15) is 9.59 Å². The number of fused-ring (bicyclic) bond motifs is 1. The van der Waals surface area contributed by atoms with Crippen molar-refractivity contribution in [1.82, 2.24) is 9.88 Å². The first kappa shape index (κ1) is 10.9. The molecule has 0 atom stereocenters. The van der Waals surface area contributed by atoms with Gasteiger partial charge >= 0.3 is 0 Å². The summed E-state index contributed by atoms with van der Waals surface area (Å²) in [7, 11) is 0. The predicted octanol–water partition coefficient (Wildman–Crippen LogP) is 1.54. The fraction of sp³-hybridized carbons (Fsp3) is 0.214. The molecular weight excluding hydrogens is 228 g/mol. The van der Waals surface area contributed by atoms with Crippen molar-refractivity contribution >= 4 is 22.5 Å². The van der Waals surface area contributed by atoms with Gasteiger partial charge in [-0.1, -0.05) is 24.3 Å². The summed E-state index contributed by atoms with van der Waals surface area (Å²) in [6, 6.07) is 9.86. The van der Waals surface area contributed by atoms with Crippen molar-refractivity contribution in [3.63, 3.8) is 0 Å². The number of carbonyl (C=O) groups is 2. The van der Waals surface area contributed by atoms with Crippen LogP contribution in [0.3, 0.4) is 0 Å². The summed E-state index contributed by atoms with van der Waals surface area (Å²) < 4.78 is 0. The standard InChI is InChI=1S/C14H12N2O2/c17-11-7-14(18)16(8-11)9-13-12-4-2-1-3-10(12)5-6-15-13/h1-6H,7-9H2. The average molecular weight is 240 g/mol. The van der Waals surface area contributed by atoms with Crippen molar-refractivity contribution in [1.29, 1.82) is 0 Å². The maximum Gasteiger partial charge on any atom is 0.230 e. The zero-order valence-electron chi connectivity index (χ0n) is 9.80. The first-order valence-electron chi connectivity index (χ1n) is 5.86. The minimum Gasteiger partial charge on any atom is -0.329 e. The van der Waals surface area contributed by atoms with E-state index in [4.69, 9.17) is 0 Å². The number of benzene rings is 1. The zero-order chi connectivity index (χ0) is 12.5. The fourth-order valence-electron chi connectivity index (χ4n) is 2.27. The first-order valence-corrected chi connectivity index (χ1v) is 5.86. The van der Waals surface area contributed by atoms with E-state index in [-0.39, 0.29) is 24.7 Å². The smallest absolute Gasteiger partial charge is 0.230 e. The second-order valence-electron chi connectivity index (χ2n) is 4.44. The summed E-state index contributed by atoms with van der Waals surface area (Å²) in [4.78, 5) is 28.7. The molecule has 1 aromatic carbocycles. The molecule has 1 aromatic heterocycles. The average Bonchev–Trinajstić information content (AvgIpc) is 2.68. The Labute approximate surface area is 104 Å². The molecule has 2 heterocycles. The van der Waals surface area contributed by atoms with Crippen molar-refractivity contribution < 1.29 is 9.59 Å². The van der Waals surface area contributed by atoms with Crippen LogP contribution in [0.1, 0.15) is 12.1 Å². The van der Waals surface area contributed by atoms with Crippen LogP contribution in [0.5, 0.6) is 0 Å². The van der Waals surface area contributed by atoms with Crippen molar-refractivity contribution in [3.8, 4) is 0 Å². The summed E-state index contributed by atoms with van der Waals surface area (Å²) in [6.07, 6.45) is 1.77. The molecule has 1 amide bonds. The highest BCUT2D eigenvalue weighted by Gasteiger charge is 2.27. The van der Waals surface area contributed by atoms with E-state index < -0.39 is 0 Å². The van der Waals surface area contributed by atoms with Gasteiger partial charge in [-0.3, -0.25) is 14.6 Å². The van der Waals surface area contributed by atoms with Crippen molar-refractivity contribution in [2.24, 2.45) is 0 Å². The highest BCUT2D eigenvalue weighted by Crippen LogP contribution is 2.19. The predicted molar refractivity (Wildman–Crippen MR) is 66.8 cm³/mol. The van der Waals surface area contributed by atoms with Gasteiger partial charge in [-0.05, 0) is 11.5 Å². The number of pyridine rings is 1. The molecule has 1 aliphatic heterocycles. The Bertz CT molecular complexity index is 631. The molecular formula is C14H12N2O2. The number of ketones is 1. The van der Waals surface area contributed by atoms with Crippen LogP contribution in [0.2, 0.25) is 0 Å². The molecule has 4 nitrogen and oxygen atoms in total. The van der Waals surface area contributed by atoms with Crippen LogP contribution in [-0.4, -0.2) is 28.1 Å². The van der Waals surface area contributed by atoms with Gasteiger partial charge in [-0.15, -0.1) is 0 Å². The molecule has 3 rings (SSSR count). The van der Waals surface area contributed by atoms with Crippen LogP contribution in [-0.2, 0) is 16.1 Å². The Balaban J connectivity index is 1.95. The van der Waals surface area contributed by atoms with Gasteiger partial charge in [0.2, 0.25) is 5.91 Å². The van der Waals surface area contributed by atoms with Gasteiger partial charge in [0, 0.05) is 11.6 Å². The molecule has 1 aliphatic rings. The lowest BCUT2D eigenvalue weighted by Gasteiger charge is -2.15. The van der Waals surface area contributed by atoms with Crippen LogP contribution in [0.15, 0.2) is 36.5 Å². The Hall–Kier alpha value is -2.23. The number of likely N-dealkylation sites (tertiary alicyclic amines) is 1. The molecule has 1 saturated heterocycles. The third-order valence-electron chi connectivity index (χ3n) is 3.17. The van der Waals surface area contributed by atoms with Crippen LogP contribution in [0.25, 0.3) is 10.8 Å². The van der Waals surface area contributed by atoms with Crippen LogP contribution >= 0.6 is 0 Å². The van der Waals surface area contributed by atoms with Gasteiger partial charge < -0.3 is 4.90 Å². The lowest BCUT2D eigenvalue weighted by molar-refractivity contribution is -0.128. The topological polar surface area (TPSA) is 50.3 Å². The maximum absolute atomic E-state index is 11.6. The van der Waals surface area contributed by atoms with Crippen molar-refractivity contribution in [3.05, 3.63) is 42.2 Å². The van der Waals surface area contributed by atoms with Gasteiger partial charge in [-0.25, -0.2) is 0 Å². The number of hydrogen-bond acceptors (Lipinski definition) is 3. The number of nitrogens with zero attached hydrogens (tertiary/aromatic N) is 2. The van der Waals surface area contributed by atoms with E-state index >= 15 is 0 Å². The number of aromatic nitrogens is 1. The van der Waals surface area contributed by atoms with Gasteiger partial charge in [0.1, 0.15) is 0 Å². The number of rotatable bonds is 2. The summed E-state index contributed by atoms with van der Waals surface area (Å²) >= 11 is 0. The Morgan fingerprint density at radius 3 is 2.78 bits per heavy atom. The minimum atomic E-state index is -0.102. The van der Waals surface area contributed by atoms with E-state index in [0.717, 1.165) is 16.5 Å². The molecule has 0 saturated carbocycles. The Morgan fingerprint density at radius 2 is 2.00 bits per heavy atom. The van der Waals surface area contributed by atoms with Gasteiger partial charge in [0.25, 0.3) is 0 Å². The molecule has 0 bridgehead atoms. The van der Waals surface area contributed by atoms with Crippen molar-refractivity contribution in [2.75, 3.05) is 6.54 Å². The van der Waals surface area contributed by atoms with Gasteiger partial charge in [0.15, 0.2) is 5.78 Å². The maximum atomic E-state index is 11.6. The normalized spacial score (nSPS) is 15.7. The fourth-order valence-corrected chi connectivity index (χ4v) is 2.27. The van der Waals surface area contributed by atoms with E-state index in [1.165, 1.54) is 0 Å². The van der Waals surface area contributed by atoms with E-state index in [0.29, 0.717) is 6.54 Å². The molecule has 18 heavy (non-hydrogen) atoms. The lowest BCUT2D eigenvalue weighted by atomic mass is 10.1. The van der Waals surface area contributed by atoms with Gasteiger partial charge in [0.05, 0.1) is 25.2 Å². The second kappa shape index (κ2) is 4.22. The Morgan fingerprint density at radius 1 is 1.17 bits per heavy atom. The van der Waals surface area contributed by atoms with E-state index in [1.54, 1.807) is 11.1 Å². The molecule has 0 spiro atoms. The quantitative estimate of drug-likeness (QED) is 0.748. The SMILES string of the molecule is O=C1CC(=O)N(Cc2nccc3ccccc23)C1. The highest BCUT2D eigenvalue weighted by molar-refractivity contribution is 6.05. The van der Waals surface area contributed by atoms with Crippen molar-refractivity contribution in [2.45, 2.75) is 13.0 Å². The number of carbonyl (C=O) groups excluding carboxylic acids is 2. The number of Topliss-reactive ketones (excluding diaryl/α,β-unsaturated/α-hetero) is 1. The molecule has 1 fully saturated rings. The number of hydrogen-bond donors (Lipinski definition) is 0. The molecule has 2 aromatic rings. The second-order valence-corrected chi connectivity index (χ2v) is 4.44. The third kappa shape index (κ3) is 1.86. The summed E-state index contributed by atoms with van der Waals surface area (Å²) in [6.45, 7) is 0.621. The molecule has 0 radical (unpaired) electrons. The first-order chi connectivity index (χ1) is 8.74. The molecule has 4 heteroatoms. The summed E-state index contributed by atoms with van der Waals surface area (Å²) in [5.41, 5.74) is 0.844. The minimum absolute atomic E-state index is 0.0137. The lowest BCUT2D eigenvalue weighted by Crippen LogP contribution is -2.25. The van der Waals surface area contributed by atoms with Crippen LogP contribution < -0.4 is 0 Å². The molecule has 0 unspecified atom stereocenters. The van der Waals surface area contributed by atoms with Crippen LogP contribution in [0.4, 0.5) is 0 Å². The molecule has 90 valence electrons. The Kier molecular flexibility index (Phi) is 2.55. The van der Waals surface area contributed by atoms with Gasteiger partial charge in [-0.2, -0.15) is 0 Å². The molecule has 0 aliphatic carbocycles. The summed E-state index contributed by atoms with van der Waals surface area (Å²) in [5.74, 6) is -0.116. The van der Waals surface area contributed by atoms with E-state index in [2.05, 4.69) is 4.98 Å². The molecule has 0 N–H and O–H groups in total.